The lowest BCUT2D eigenvalue weighted by atomic mass is 10.2. The van der Waals surface area contributed by atoms with E-state index in [1.54, 1.807) is 0 Å². The predicted molar refractivity (Wildman–Crippen MR) is 93.5 cm³/mol. The molecule has 2 heterocycles. The van der Waals surface area contributed by atoms with Crippen molar-refractivity contribution in [2.24, 2.45) is 0 Å². The van der Waals surface area contributed by atoms with Crippen LogP contribution in [0.2, 0.25) is 0 Å². The molecule has 1 N–H and O–H groups in total. The molecule has 12 heteroatoms. The van der Waals surface area contributed by atoms with Crippen molar-refractivity contribution < 1.29 is 31.1 Å². The second-order valence-corrected chi connectivity index (χ2v) is 7.38. The first-order valence-electron chi connectivity index (χ1n) is 9.44. The zero-order chi connectivity index (χ0) is 22.3. The summed E-state index contributed by atoms with van der Waals surface area (Å²) >= 11 is 0. The summed E-state index contributed by atoms with van der Waals surface area (Å²) in [6.45, 7) is 3.25. The standard InChI is InChI=1S/C18H21F6N5O/c1-10-8-14(17(19,20)21)26-28(10)7-3-6-25-16(30)11(2)29-13(12-4-5-12)9-15(27-29)18(22,23)24/h8-9,11-12H,3-7H2,1-2H3,(H,25,30). The fraction of sp³-hybridized carbons (Fsp3) is 0.611. The molecule has 0 bridgehead atoms. The number of nitrogens with zero attached hydrogens (tertiary/aromatic N) is 4. The van der Waals surface area contributed by atoms with Crippen LogP contribution in [0, 0.1) is 6.92 Å². The van der Waals surface area contributed by atoms with Crippen molar-refractivity contribution in [1.29, 1.82) is 0 Å². The maximum Gasteiger partial charge on any atom is 0.435 e. The predicted octanol–water partition coefficient (Wildman–Crippen LogP) is 4.07. The summed E-state index contributed by atoms with van der Waals surface area (Å²) in [5, 5.41) is 9.69. The van der Waals surface area contributed by atoms with Gasteiger partial charge in [0, 0.05) is 30.4 Å². The maximum atomic E-state index is 13.0. The van der Waals surface area contributed by atoms with Gasteiger partial charge < -0.3 is 5.32 Å². The van der Waals surface area contributed by atoms with Crippen LogP contribution in [0.3, 0.4) is 0 Å². The minimum atomic E-state index is -4.60. The van der Waals surface area contributed by atoms with Crippen LogP contribution in [0.25, 0.3) is 0 Å². The van der Waals surface area contributed by atoms with Crippen molar-refractivity contribution in [3.8, 4) is 0 Å². The lowest BCUT2D eigenvalue weighted by Crippen LogP contribution is -2.33. The van der Waals surface area contributed by atoms with E-state index in [1.165, 1.54) is 18.5 Å². The van der Waals surface area contributed by atoms with Crippen LogP contribution in [-0.4, -0.2) is 32.0 Å². The largest absolute Gasteiger partial charge is 0.435 e. The van der Waals surface area contributed by atoms with Gasteiger partial charge in [-0.25, -0.2) is 0 Å². The van der Waals surface area contributed by atoms with E-state index in [2.05, 4.69) is 15.5 Å². The zero-order valence-corrected chi connectivity index (χ0v) is 16.3. The maximum absolute atomic E-state index is 13.0. The summed E-state index contributed by atoms with van der Waals surface area (Å²) < 4.78 is 79.3. The molecule has 0 saturated heterocycles. The number of aromatic nitrogens is 4. The molecule has 1 unspecified atom stereocenters. The number of amides is 1. The zero-order valence-electron chi connectivity index (χ0n) is 16.3. The monoisotopic (exact) mass is 437 g/mol. The lowest BCUT2D eigenvalue weighted by Gasteiger charge is -2.16. The Morgan fingerprint density at radius 1 is 1.13 bits per heavy atom. The Hall–Kier alpha value is -2.53. The molecule has 0 spiro atoms. The van der Waals surface area contributed by atoms with Crippen molar-refractivity contribution >= 4 is 5.91 Å². The number of nitrogens with one attached hydrogen (secondary N) is 1. The van der Waals surface area contributed by atoms with Crippen molar-refractivity contribution in [2.45, 2.75) is 64.0 Å². The third kappa shape index (κ3) is 4.96. The van der Waals surface area contributed by atoms with Crippen molar-refractivity contribution in [3.63, 3.8) is 0 Å². The highest BCUT2D eigenvalue weighted by Gasteiger charge is 2.39. The van der Waals surface area contributed by atoms with Gasteiger partial charge in [-0.1, -0.05) is 0 Å². The number of carbonyl (C=O) groups excluding carboxylic acids is 1. The number of alkyl halides is 6. The molecule has 166 valence electrons. The highest BCUT2D eigenvalue weighted by Crippen LogP contribution is 2.43. The number of aryl methyl sites for hydroxylation is 2. The number of carbonyl (C=O) groups is 1. The number of hydrogen-bond donors (Lipinski definition) is 1. The first-order valence-corrected chi connectivity index (χ1v) is 9.44. The molecule has 2 aromatic heterocycles. The van der Waals surface area contributed by atoms with E-state index in [4.69, 9.17) is 0 Å². The van der Waals surface area contributed by atoms with Gasteiger partial charge in [0.15, 0.2) is 11.4 Å². The van der Waals surface area contributed by atoms with Gasteiger partial charge in [0.25, 0.3) is 0 Å². The van der Waals surface area contributed by atoms with Crippen molar-refractivity contribution in [1.82, 2.24) is 24.9 Å². The Labute approximate surface area is 168 Å². The molecule has 1 aliphatic rings. The highest BCUT2D eigenvalue weighted by atomic mass is 19.4. The summed E-state index contributed by atoms with van der Waals surface area (Å²) in [6, 6.07) is 0.982. The number of halogens is 6. The Bertz CT molecular complexity index is 909. The van der Waals surface area contributed by atoms with Gasteiger partial charge in [-0.3, -0.25) is 14.2 Å². The third-order valence-corrected chi connectivity index (χ3v) is 4.91. The first-order chi connectivity index (χ1) is 13.9. The normalized spacial score (nSPS) is 16.0. The van der Waals surface area contributed by atoms with E-state index < -0.39 is 35.7 Å². The van der Waals surface area contributed by atoms with Crippen LogP contribution < -0.4 is 5.32 Å². The molecule has 0 aliphatic heterocycles. The van der Waals surface area contributed by atoms with Crippen LogP contribution >= 0.6 is 0 Å². The Morgan fingerprint density at radius 2 is 1.73 bits per heavy atom. The average molecular weight is 437 g/mol. The van der Waals surface area contributed by atoms with Gasteiger partial charge in [-0.2, -0.15) is 36.5 Å². The molecule has 0 aromatic carbocycles. The molecular formula is C18H21F6N5O. The molecule has 1 amide bonds. The molecule has 1 fully saturated rings. The Kier molecular flexibility index (Phi) is 5.87. The van der Waals surface area contributed by atoms with Gasteiger partial charge in [0.1, 0.15) is 6.04 Å². The minimum absolute atomic E-state index is 0.0329. The van der Waals surface area contributed by atoms with Gasteiger partial charge in [-0.15, -0.1) is 0 Å². The molecule has 2 aromatic rings. The van der Waals surface area contributed by atoms with Crippen LogP contribution in [-0.2, 0) is 23.7 Å². The van der Waals surface area contributed by atoms with E-state index in [-0.39, 0.29) is 19.0 Å². The molecule has 3 rings (SSSR count). The smallest absolute Gasteiger partial charge is 0.354 e. The van der Waals surface area contributed by atoms with Gasteiger partial charge >= 0.3 is 12.4 Å². The number of rotatable bonds is 7. The molecule has 1 saturated carbocycles. The highest BCUT2D eigenvalue weighted by molar-refractivity contribution is 5.79. The van der Waals surface area contributed by atoms with E-state index in [1.807, 2.05) is 0 Å². The third-order valence-electron chi connectivity index (χ3n) is 4.91. The van der Waals surface area contributed by atoms with E-state index >= 15 is 0 Å². The van der Waals surface area contributed by atoms with Crippen molar-refractivity contribution in [3.05, 3.63) is 34.9 Å². The summed E-state index contributed by atoms with van der Waals surface area (Å²) in [5.74, 6) is -0.545. The molecular weight excluding hydrogens is 416 g/mol. The fourth-order valence-electron chi connectivity index (χ4n) is 3.12. The quantitative estimate of drug-likeness (QED) is 0.525. The molecule has 30 heavy (non-hydrogen) atoms. The molecule has 1 atom stereocenters. The van der Waals surface area contributed by atoms with E-state index in [0.29, 0.717) is 17.8 Å². The van der Waals surface area contributed by atoms with Crippen LogP contribution in [0.4, 0.5) is 26.3 Å². The minimum Gasteiger partial charge on any atom is -0.354 e. The van der Waals surface area contributed by atoms with Gasteiger partial charge in [-0.05, 0) is 45.2 Å². The lowest BCUT2D eigenvalue weighted by molar-refractivity contribution is -0.142. The summed E-state index contributed by atoms with van der Waals surface area (Å²) in [7, 11) is 0. The van der Waals surface area contributed by atoms with Crippen LogP contribution in [0.1, 0.15) is 60.9 Å². The van der Waals surface area contributed by atoms with Crippen LogP contribution in [0.5, 0.6) is 0 Å². The summed E-state index contributed by atoms with van der Waals surface area (Å²) in [4.78, 5) is 12.4. The Balaban J connectivity index is 1.57. The summed E-state index contributed by atoms with van der Waals surface area (Å²) in [5.41, 5.74) is -1.28. The SMILES string of the molecule is Cc1cc(C(F)(F)F)nn1CCCNC(=O)C(C)n1nc(C(F)(F)F)cc1C1CC1. The second kappa shape index (κ2) is 7.95. The fourth-order valence-corrected chi connectivity index (χ4v) is 3.12. The van der Waals surface area contributed by atoms with Gasteiger partial charge in [0.05, 0.1) is 0 Å². The average Bonchev–Trinajstić information content (AvgIpc) is 3.25. The van der Waals surface area contributed by atoms with Crippen molar-refractivity contribution in [2.75, 3.05) is 6.54 Å². The number of hydrogen-bond acceptors (Lipinski definition) is 3. The molecule has 6 nitrogen and oxygen atoms in total. The van der Waals surface area contributed by atoms with Crippen LogP contribution in [0.15, 0.2) is 12.1 Å². The van der Waals surface area contributed by atoms with Gasteiger partial charge in [0.2, 0.25) is 5.91 Å². The van der Waals surface area contributed by atoms with E-state index in [0.717, 1.165) is 29.7 Å². The molecule has 1 aliphatic carbocycles. The Morgan fingerprint density at radius 3 is 2.27 bits per heavy atom. The second-order valence-electron chi connectivity index (χ2n) is 7.38. The topological polar surface area (TPSA) is 64.7 Å². The van der Waals surface area contributed by atoms with E-state index in [9.17, 15) is 31.1 Å². The molecule has 0 radical (unpaired) electrons. The summed E-state index contributed by atoms with van der Waals surface area (Å²) in [6.07, 6.45) is -7.32. The first kappa shape index (κ1) is 22.2.